The van der Waals surface area contributed by atoms with Crippen LogP contribution in [0.15, 0.2) is 0 Å². The van der Waals surface area contributed by atoms with Gasteiger partial charge in [-0.05, 0) is 31.6 Å². The number of rotatable bonds is 16. The summed E-state index contributed by atoms with van der Waals surface area (Å²) in [6, 6.07) is 0. The van der Waals surface area contributed by atoms with Gasteiger partial charge in [0, 0.05) is 0 Å². The number of hydrogen-bond acceptors (Lipinski definition) is 4. The van der Waals surface area contributed by atoms with Crippen LogP contribution in [0.4, 0.5) is 0 Å². The lowest BCUT2D eigenvalue weighted by atomic mass is 10.0. The van der Waals surface area contributed by atoms with E-state index < -0.39 is 19.2 Å². The van der Waals surface area contributed by atoms with Crippen molar-refractivity contribution in [2.45, 2.75) is 91.6 Å². The van der Waals surface area contributed by atoms with Crippen LogP contribution in [0.3, 0.4) is 0 Å². The van der Waals surface area contributed by atoms with E-state index in [0.717, 1.165) is 51.4 Å². The van der Waals surface area contributed by atoms with Gasteiger partial charge < -0.3 is 14.2 Å². The van der Waals surface area contributed by atoms with Gasteiger partial charge in [0.1, 0.15) is 0 Å². The summed E-state index contributed by atoms with van der Waals surface area (Å²) in [7, 11) is -3.66. The third-order valence-electron chi connectivity index (χ3n) is 4.90. The molecule has 1 N–H and O–H groups in total. The molecule has 0 aliphatic rings. The van der Waals surface area contributed by atoms with Crippen molar-refractivity contribution < 1.29 is 23.5 Å². The second-order valence-electron chi connectivity index (χ2n) is 6.98. The molecule has 0 rings (SSSR count). The van der Waals surface area contributed by atoms with E-state index >= 15 is 0 Å². The van der Waals surface area contributed by atoms with Crippen molar-refractivity contribution in [3.8, 4) is 0 Å². The lowest BCUT2D eigenvalue weighted by Gasteiger charge is -2.26. The molecule has 0 saturated heterocycles. The molecule has 0 aromatic rings. The topological polar surface area (TPSA) is 72.8 Å². The van der Waals surface area contributed by atoms with Crippen molar-refractivity contribution in [2.75, 3.05) is 13.2 Å². The Morgan fingerprint density at radius 2 is 1.32 bits per heavy atom. The van der Waals surface area contributed by atoms with Gasteiger partial charge in [0.05, 0.1) is 13.2 Å². The Hall–Kier alpha value is -0.380. The van der Waals surface area contributed by atoms with Gasteiger partial charge in [-0.3, -0.25) is 9.36 Å². The third-order valence-corrected chi connectivity index (χ3v) is 7.09. The standard InChI is InChI=1S/C19H39O5P/c1-6-10-12-17(8-3)14-23-25(22,16(5)19(20)21)24-15-18(9-4)13-11-7-2/h16-18H,6-15H2,1-5H3,(H,20,21). The van der Waals surface area contributed by atoms with E-state index in [-0.39, 0.29) is 0 Å². The lowest BCUT2D eigenvalue weighted by molar-refractivity contribution is -0.136. The van der Waals surface area contributed by atoms with Crippen molar-refractivity contribution >= 4 is 13.6 Å². The average Bonchev–Trinajstić information content (AvgIpc) is 2.61. The Morgan fingerprint density at radius 3 is 1.60 bits per heavy atom. The van der Waals surface area contributed by atoms with Crippen LogP contribution >= 0.6 is 7.60 Å². The molecular weight excluding hydrogens is 339 g/mol. The molecule has 0 bridgehead atoms. The molecule has 0 radical (unpaired) electrons. The van der Waals surface area contributed by atoms with Gasteiger partial charge >= 0.3 is 13.6 Å². The van der Waals surface area contributed by atoms with Gasteiger partial charge in [0.15, 0.2) is 5.66 Å². The summed E-state index contributed by atoms with van der Waals surface area (Å²) in [5, 5.41) is 9.31. The first-order valence-electron chi connectivity index (χ1n) is 9.95. The highest BCUT2D eigenvalue weighted by molar-refractivity contribution is 7.55. The molecule has 3 atom stereocenters. The van der Waals surface area contributed by atoms with Crippen molar-refractivity contribution in [2.24, 2.45) is 11.8 Å². The van der Waals surface area contributed by atoms with Crippen LogP contribution in [0.1, 0.15) is 86.0 Å². The van der Waals surface area contributed by atoms with E-state index in [4.69, 9.17) is 9.05 Å². The zero-order chi connectivity index (χ0) is 19.3. The van der Waals surface area contributed by atoms with Gasteiger partial charge in [-0.15, -0.1) is 0 Å². The van der Waals surface area contributed by atoms with Crippen LogP contribution in [0, 0.1) is 11.8 Å². The number of hydrogen-bond donors (Lipinski definition) is 1. The number of carbonyl (C=O) groups is 1. The van der Waals surface area contributed by atoms with Gasteiger partial charge in [0.25, 0.3) is 0 Å². The summed E-state index contributed by atoms with van der Waals surface area (Å²) >= 11 is 0. The summed E-state index contributed by atoms with van der Waals surface area (Å²) < 4.78 is 24.4. The minimum absolute atomic E-state index is 0.292. The molecule has 0 amide bonds. The molecule has 5 nitrogen and oxygen atoms in total. The Morgan fingerprint density at radius 1 is 0.920 bits per heavy atom. The van der Waals surface area contributed by atoms with Gasteiger partial charge in [-0.25, -0.2) is 0 Å². The Labute approximate surface area is 154 Å². The molecule has 0 aliphatic carbocycles. The fraction of sp³-hybridized carbons (Fsp3) is 0.947. The maximum absolute atomic E-state index is 13.1. The number of carboxylic acid groups (broad SMARTS) is 1. The number of unbranched alkanes of at least 4 members (excludes halogenated alkanes) is 2. The van der Waals surface area contributed by atoms with E-state index in [2.05, 4.69) is 27.7 Å². The van der Waals surface area contributed by atoms with Crippen LogP contribution in [-0.2, 0) is 18.4 Å². The average molecular weight is 378 g/mol. The summed E-state index contributed by atoms with van der Waals surface area (Å²) in [5.41, 5.74) is -1.14. The monoisotopic (exact) mass is 378 g/mol. The fourth-order valence-electron chi connectivity index (χ4n) is 2.61. The van der Waals surface area contributed by atoms with Crippen LogP contribution in [0.5, 0.6) is 0 Å². The fourth-order valence-corrected chi connectivity index (χ4v) is 4.24. The van der Waals surface area contributed by atoms with Crippen molar-refractivity contribution in [1.82, 2.24) is 0 Å². The summed E-state index contributed by atoms with van der Waals surface area (Å²) in [5.74, 6) is -0.550. The highest BCUT2D eigenvalue weighted by Gasteiger charge is 2.39. The maximum atomic E-state index is 13.1. The van der Waals surface area contributed by atoms with E-state index in [1.165, 1.54) is 6.92 Å². The Bertz CT molecular complexity index is 375. The summed E-state index contributed by atoms with van der Waals surface area (Å²) in [6.45, 7) is 10.4. The third kappa shape index (κ3) is 9.77. The zero-order valence-electron chi connectivity index (χ0n) is 16.8. The first kappa shape index (κ1) is 24.6. The van der Waals surface area contributed by atoms with E-state index in [1.807, 2.05) is 0 Å². The second-order valence-corrected chi connectivity index (χ2v) is 9.35. The molecule has 0 aliphatic heterocycles. The highest BCUT2D eigenvalue weighted by atomic mass is 31.2. The van der Waals surface area contributed by atoms with Gasteiger partial charge in [-0.2, -0.15) is 0 Å². The molecule has 3 unspecified atom stereocenters. The molecule has 0 heterocycles. The minimum atomic E-state index is -3.66. The first-order valence-corrected chi connectivity index (χ1v) is 11.6. The van der Waals surface area contributed by atoms with Gasteiger partial charge in [-0.1, -0.05) is 66.2 Å². The van der Waals surface area contributed by atoms with Crippen LogP contribution < -0.4 is 0 Å². The zero-order valence-corrected chi connectivity index (χ0v) is 17.7. The van der Waals surface area contributed by atoms with Gasteiger partial charge in [0.2, 0.25) is 0 Å². The summed E-state index contributed by atoms with van der Waals surface area (Å²) in [4.78, 5) is 11.4. The Balaban J connectivity index is 4.87. The number of aliphatic carboxylic acids is 1. The van der Waals surface area contributed by atoms with E-state index in [1.54, 1.807) is 0 Å². The minimum Gasteiger partial charge on any atom is -0.481 e. The molecule has 0 saturated carbocycles. The van der Waals surface area contributed by atoms with Crippen LogP contribution in [-0.4, -0.2) is 29.9 Å². The molecular formula is C19H39O5P. The largest absolute Gasteiger partial charge is 0.481 e. The maximum Gasteiger partial charge on any atom is 0.344 e. The Kier molecular flexibility index (Phi) is 13.6. The molecule has 6 heteroatoms. The van der Waals surface area contributed by atoms with Crippen molar-refractivity contribution in [3.63, 3.8) is 0 Å². The SMILES string of the molecule is CCCCC(CC)COP(=O)(OCC(CC)CCCC)C(C)C(=O)O. The van der Waals surface area contributed by atoms with Crippen molar-refractivity contribution in [1.29, 1.82) is 0 Å². The van der Waals surface area contributed by atoms with E-state index in [0.29, 0.717) is 25.0 Å². The van der Waals surface area contributed by atoms with Crippen molar-refractivity contribution in [3.05, 3.63) is 0 Å². The predicted molar refractivity (Wildman–Crippen MR) is 103 cm³/mol. The normalized spacial score (nSPS) is 17.6. The smallest absolute Gasteiger partial charge is 0.344 e. The second kappa shape index (κ2) is 13.8. The summed E-state index contributed by atoms with van der Waals surface area (Å²) in [6.07, 6.45) is 8.25. The quantitative estimate of drug-likeness (QED) is 0.328. The lowest BCUT2D eigenvalue weighted by Crippen LogP contribution is -2.23. The molecule has 150 valence electrons. The molecule has 25 heavy (non-hydrogen) atoms. The van der Waals surface area contributed by atoms with Crippen LogP contribution in [0.25, 0.3) is 0 Å². The molecule has 0 spiro atoms. The highest BCUT2D eigenvalue weighted by Crippen LogP contribution is 2.54. The molecule has 0 aromatic heterocycles. The van der Waals surface area contributed by atoms with Crippen LogP contribution in [0.2, 0.25) is 0 Å². The predicted octanol–water partition coefficient (Wildman–Crippen LogP) is 6.12. The van der Waals surface area contributed by atoms with E-state index in [9.17, 15) is 14.5 Å². The molecule has 0 aromatic carbocycles. The molecule has 0 fully saturated rings. The first-order chi connectivity index (χ1) is 11.8. The number of carboxylic acids is 1.